The third-order valence-electron chi connectivity index (χ3n) is 2.85. The van der Waals surface area contributed by atoms with Crippen molar-refractivity contribution in [1.82, 2.24) is 5.10 Å². The molecule has 1 heterocycles. The predicted octanol–water partition coefficient (Wildman–Crippen LogP) is 0.655. The molecule has 0 aliphatic heterocycles. The van der Waals surface area contributed by atoms with E-state index in [0.29, 0.717) is 0 Å². The summed E-state index contributed by atoms with van der Waals surface area (Å²) in [6.45, 7) is 3.83. The van der Waals surface area contributed by atoms with Crippen LogP contribution in [0.15, 0.2) is 34.5 Å². The number of hydrogen-bond donors (Lipinski definition) is 3. The SMILES string of the molecule is Cc1[nH][n+](-c2ccc(F)cc2)c(C)c1/C=N/N=C(N)N. The van der Waals surface area contributed by atoms with Crippen LogP contribution in [-0.2, 0) is 0 Å². The van der Waals surface area contributed by atoms with Gasteiger partial charge in [0.25, 0.3) is 0 Å². The summed E-state index contributed by atoms with van der Waals surface area (Å²) in [5.74, 6) is -0.372. The maximum atomic E-state index is 13.0. The average molecular weight is 275 g/mol. The van der Waals surface area contributed by atoms with Crippen LogP contribution in [-0.4, -0.2) is 17.3 Å². The molecule has 1 aromatic carbocycles. The molecular weight excluding hydrogens is 259 g/mol. The quantitative estimate of drug-likeness (QED) is 0.332. The van der Waals surface area contributed by atoms with Gasteiger partial charge >= 0.3 is 0 Å². The van der Waals surface area contributed by atoms with Gasteiger partial charge in [0.05, 0.1) is 17.5 Å². The van der Waals surface area contributed by atoms with E-state index in [-0.39, 0.29) is 11.8 Å². The third-order valence-corrected chi connectivity index (χ3v) is 2.85. The summed E-state index contributed by atoms with van der Waals surface area (Å²) in [7, 11) is 0. The standard InChI is InChI=1S/C13H15FN6/c1-8-12(7-17-18-13(15)16)9(2)20(19-8)11-5-3-10(14)4-6-11/h3-7H,1-2H3,(H4,15,16,18)/p+1/b17-7+. The number of H-pyrrole nitrogens is 1. The smallest absolute Gasteiger partial charge is 0.236 e. The number of benzene rings is 1. The molecule has 0 saturated carbocycles. The lowest BCUT2D eigenvalue weighted by atomic mass is 10.2. The second kappa shape index (κ2) is 5.52. The highest BCUT2D eigenvalue weighted by Crippen LogP contribution is 2.09. The van der Waals surface area contributed by atoms with Gasteiger partial charge in [0.1, 0.15) is 5.82 Å². The first-order valence-corrected chi connectivity index (χ1v) is 5.98. The minimum atomic E-state index is -0.273. The Bertz CT molecular complexity index is 665. The zero-order valence-electron chi connectivity index (χ0n) is 11.3. The molecule has 7 heteroatoms. The minimum absolute atomic E-state index is 0.0986. The van der Waals surface area contributed by atoms with E-state index in [2.05, 4.69) is 15.3 Å². The third kappa shape index (κ3) is 2.82. The molecule has 5 N–H and O–H groups in total. The van der Waals surface area contributed by atoms with Gasteiger partial charge in [0, 0.05) is 19.1 Å². The molecule has 0 atom stereocenters. The fourth-order valence-electron chi connectivity index (χ4n) is 1.90. The van der Waals surface area contributed by atoms with Gasteiger partial charge in [-0.25, -0.2) is 4.39 Å². The van der Waals surface area contributed by atoms with Gasteiger partial charge in [-0.15, -0.1) is 5.10 Å². The number of nitrogens with one attached hydrogen (secondary N) is 1. The van der Waals surface area contributed by atoms with Crippen molar-refractivity contribution in [2.75, 3.05) is 0 Å². The first-order valence-electron chi connectivity index (χ1n) is 5.98. The zero-order chi connectivity index (χ0) is 14.7. The van der Waals surface area contributed by atoms with Crippen LogP contribution in [0, 0.1) is 19.7 Å². The topological polar surface area (TPSA) is 96.4 Å². The normalized spacial score (nSPS) is 10.9. The fraction of sp³-hybridized carbons (Fsp3) is 0.154. The number of halogens is 1. The highest BCUT2D eigenvalue weighted by molar-refractivity contribution is 5.83. The summed E-state index contributed by atoms with van der Waals surface area (Å²) >= 11 is 0. The maximum absolute atomic E-state index is 13.0. The summed E-state index contributed by atoms with van der Waals surface area (Å²) in [5, 5.41) is 10.5. The monoisotopic (exact) mass is 275 g/mol. The lowest BCUT2D eigenvalue weighted by Crippen LogP contribution is -2.35. The molecule has 0 spiro atoms. The summed E-state index contributed by atoms with van der Waals surface area (Å²) < 4.78 is 14.8. The number of rotatable bonds is 3. The van der Waals surface area contributed by atoms with Crippen molar-refractivity contribution in [2.45, 2.75) is 13.8 Å². The molecule has 0 unspecified atom stereocenters. The van der Waals surface area contributed by atoms with Crippen molar-refractivity contribution in [3.05, 3.63) is 47.0 Å². The molecule has 0 saturated heterocycles. The summed E-state index contributed by atoms with van der Waals surface area (Å²) in [4.78, 5) is 0. The van der Waals surface area contributed by atoms with Gasteiger partial charge in [0.2, 0.25) is 17.3 Å². The summed E-state index contributed by atoms with van der Waals surface area (Å²) in [6, 6.07) is 6.20. The Morgan fingerprint density at radius 3 is 2.50 bits per heavy atom. The Morgan fingerprint density at radius 1 is 1.25 bits per heavy atom. The molecule has 0 aliphatic carbocycles. The molecule has 2 rings (SSSR count). The van der Waals surface area contributed by atoms with Crippen LogP contribution in [0.1, 0.15) is 17.0 Å². The van der Waals surface area contributed by atoms with E-state index in [4.69, 9.17) is 11.5 Å². The largest absolute Gasteiger partial charge is 0.369 e. The molecule has 0 fully saturated rings. The number of aromatic nitrogens is 2. The Labute approximate surface area is 115 Å². The second-order valence-corrected chi connectivity index (χ2v) is 4.32. The van der Waals surface area contributed by atoms with Crippen molar-refractivity contribution in [3.8, 4) is 5.69 Å². The molecule has 2 aromatic rings. The minimum Gasteiger partial charge on any atom is -0.369 e. The predicted molar refractivity (Wildman–Crippen MR) is 75.2 cm³/mol. The van der Waals surface area contributed by atoms with E-state index in [1.165, 1.54) is 12.1 Å². The first kappa shape index (κ1) is 13.7. The van der Waals surface area contributed by atoms with Crippen molar-refractivity contribution < 1.29 is 9.07 Å². The number of hydrogen-bond acceptors (Lipinski definition) is 2. The molecule has 0 amide bonds. The van der Waals surface area contributed by atoms with Gasteiger partial charge in [-0.05, 0) is 19.1 Å². The van der Waals surface area contributed by atoms with Crippen LogP contribution in [0.2, 0.25) is 0 Å². The molecule has 0 radical (unpaired) electrons. The maximum Gasteiger partial charge on any atom is 0.236 e. The highest BCUT2D eigenvalue weighted by atomic mass is 19.1. The zero-order valence-corrected chi connectivity index (χ0v) is 11.3. The van der Waals surface area contributed by atoms with Crippen LogP contribution < -0.4 is 16.1 Å². The number of aromatic amines is 1. The van der Waals surface area contributed by atoms with Crippen molar-refractivity contribution in [3.63, 3.8) is 0 Å². The van der Waals surface area contributed by atoms with Gasteiger partial charge < -0.3 is 11.5 Å². The van der Waals surface area contributed by atoms with Crippen molar-refractivity contribution in [1.29, 1.82) is 0 Å². The van der Waals surface area contributed by atoms with Crippen LogP contribution >= 0.6 is 0 Å². The van der Waals surface area contributed by atoms with E-state index in [0.717, 1.165) is 22.6 Å². The Hall–Kier alpha value is -2.70. The highest BCUT2D eigenvalue weighted by Gasteiger charge is 2.19. The molecule has 20 heavy (non-hydrogen) atoms. The van der Waals surface area contributed by atoms with E-state index in [1.807, 2.05) is 18.5 Å². The number of aryl methyl sites for hydroxylation is 1. The van der Waals surface area contributed by atoms with Crippen LogP contribution in [0.3, 0.4) is 0 Å². The molecule has 1 aromatic heterocycles. The van der Waals surface area contributed by atoms with E-state index >= 15 is 0 Å². The summed E-state index contributed by atoms with van der Waals surface area (Å²) in [5.41, 5.74) is 13.9. The summed E-state index contributed by atoms with van der Waals surface area (Å²) in [6.07, 6.45) is 1.57. The fourth-order valence-corrected chi connectivity index (χ4v) is 1.90. The molecule has 0 bridgehead atoms. The first-order chi connectivity index (χ1) is 9.49. The van der Waals surface area contributed by atoms with Crippen LogP contribution in [0.5, 0.6) is 0 Å². The average Bonchev–Trinajstić information content (AvgIpc) is 2.67. The second-order valence-electron chi connectivity index (χ2n) is 4.32. The Balaban J connectivity index is 2.41. The molecular formula is C13H16FN6+. The van der Waals surface area contributed by atoms with Crippen molar-refractivity contribution >= 4 is 12.2 Å². The number of nitrogens with zero attached hydrogens (tertiary/aromatic N) is 3. The lowest BCUT2D eigenvalue weighted by Gasteiger charge is -1.93. The Kier molecular flexibility index (Phi) is 3.79. The van der Waals surface area contributed by atoms with E-state index in [1.54, 1.807) is 18.3 Å². The van der Waals surface area contributed by atoms with Crippen molar-refractivity contribution in [2.24, 2.45) is 21.7 Å². The van der Waals surface area contributed by atoms with Gasteiger partial charge in [-0.1, -0.05) is 4.68 Å². The number of nitrogens with two attached hydrogens (primary N) is 2. The lowest BCUT2D eigenvalue weighted by molar-refractivity contribution is -0.661. The molecule has 6 nitrogen and oxygen atoms in total. The molecule has 104 valence electrons. The molecule has 0 aliphatic rings. The van der Waals surface area contributed by atoms with Gasteiger partial charge in [-0.2, -0.15) is 10.2 Å². The van der Waals surface area contributed by atoms with E-state index in [9.17, 15) is 4.39 Å². The van der Waals surface area contributed by atoms with E-state index < -0.39 is 0 Å². The number of guanidine groups is 1. The van der Waals surface area contributed by atoms with Gasteiger partial charge in [0.15, 0.2) is 0 Å². The van der Waals surface area contributed by atoms with Crippen LogP contribution in [0.4, 0.5) is 4.39 Å². The van der Waals surface area contributed by atoms with Gasteiger partial charge in [-0.3, -0.25) is 0 Å². The Morgan fingerprint density at radius 2 is 1.90 bits per heavy atom. The van der Waals surface area contributed by atoms with Crippen LogP contribution in [0.25, 0.3) is 5.69 Å².